The third-order valence-electron chi connectivity index (χ3n) is 4.37. The van der Waals surface area contributed by atoms with Gasteiger partial charge in [-0.1, -0.05) is 5.16 Å². The zero-order valence-electron chi connectivity index (χ0n) is 14.1. The van der Waals surface area contributed by atoms with Crippen molar-refractivity contribution in [3.8, 4) is 11.6 Å². The first-order valence-electron chi connectivity index (χ1n) is 8.39. The number of furan rings is 1. The number of hydrogen-bond acceptors (Lipinski definition) is 8. The van der Waals surface area contributed by atoms with Crippen LogP contribution in [0.3, 0.4) is 0 Å². The van der Waals surface area contributed by atoms with Crippen molar-refractivity contribution in [3.05, 3.63) is 42.6 Å². The summed E-state index contributed by atoms with van der Waals surface area (Å²) in [5.74, 6) is 2.62. The van der Waals surface area contributed by atoms with E-state index in [2.05, 4.69) is 37.2 Å². The van der Waals surface area contributed by atoms with E-state index >= 15 is 0 Å². The summed E-state index contributed by atoms with van der Waals surface area (Å²) in [5.41, 5.74) is 0. The van der Waals surface area contributed by atoms with Crippen molar-refractivity contribution in [2.75, 3.05) is 25.0 Å². The number of rotatable bonds is 6. The molecule has 4 heterocycles. The van der Waals surface area contributed by atoms with Gasteiger partial charge in [-0.2, -0.15) is 10.1 Å². The quantitative estimate of drug-likeness (QED) is 0.675. The molecular weight excluding hydrogens is 320 g/mol. The molecule has 0 bridgehead atoms. The van der Waals surface area contributed by atoms with Gasteiger partial charge in [0.15, 0.2) is 11.6 Å². The smallest absolute Gasteiger partial charge is 0.241 e. The highest BCUT2D eigenvalue weighted by Gasteiger charge is 2.27. The highest BCUT2D eigenvalue weighted by molar-refractivity contribution is 5.44. The van der Waals surface area contributed by atoms with Gasteiger partial charge in [-0.15, -0.1) is 5.10 Å². The van der Waals surface area contributed by atoms with Gasteiger partial charge in [-0.3, -0.25) is 4.90 Å². The molecule has 0 saturated carbocycles. The highest BCUT2D eigenvalue weighted by atomic mass is 16.5. The van der Waals surface area contributed by atoms with Gasteiger partial charge in [-0.05, 0) is 44.2 Å². The van der Waals surface area contributed by atoms with E-state index < -0.39 is 0 Å². The molecule has 25 heavy (non-hydrogen) atoms. The largest absolute Gasteiger partial charge is 0.461 e. The minimum Gasteiger partial charge on any atom is -0.461 e. The maximum Gasteiger partial charge on any atom is 0.241 e. The maximum absolute atomic E-state index is 5.34. The molecule has 1 unspecified atom stereocenters. The van der Waals surface area contributed by atoms with Gasteiger partial charge < -0.3 is 13.8 Å². The van der Waals surface area contributed by atoms with E-state index in [1.54, 1.807) is 18.5 Å². The summed E-state index contributed by atoms with van der Waals surface area (Å²) in [5, 5.41) is 12.2. The van der Waals surface area contributed by atoms with E-state index in [0.29, 0.717) is 30.1 Å². The predicted octanol–water partition coefficient (Wildman–Crippen LogP) is 2.22. The molecule has 1 aliphatic rings. The van der Waals surface area contributed by atoms with E-state index in [0.717, 1.165) is 31.7 Å². The highest BCUT2D eigenvalue weighted by Crippen LogP contribution is 2.24. The van der Waals surface area contributed by atoms with Crippen LogP contribution in [-0.2, 0) is 6.54 Å². The Morgan fingerprint density at radius 1 is 1.32 bits per heavy atom. The standard InChI is InChI=1S/C17H20N6O2/c1-22(12-16-19-17(21-25-16)14-6-4-10-24-14)11-13-5-3-9-23(13)15-7-2-8-18-20-15/h2,4,6-8,10,13H,3,5,9,11-12H2,1H3. The van der Waals surface area contributed by atoms with Crippen LogP contribution >= 0.6 is 0 Å². The first-order chi connectivity index (χ1) is 12.3. The van der Waals surface area contributed by atoms with E-state index in [1.807, 2.05) is 18.2 Å². The van der Waals surface area contributed by atoms with Crippen LogP contribution in [0.25, 0.3) is 11.6 Å². The monoisotopic (exact) mass is 340 g/mol. The van der Waals surface area contributed by atoms with Gasteiger partial charge >= 0.3 is 0 Å². The summed E-state index contributed by atoms with van der Waals surface area (Å²) < 4.78 is 10.6. The lowest BCUT2D eigenvalue weighted by Crippen LogP contribution is -2.39. The van der Waals surface area contributed by atoms with Crippen molar-refractivity contribution >= 4 is 5.82 Å². The molecule has 0 amide bonds. The molecule has 3 aromatic rings. The average molecular weight is 340 g/mol. The topological polar surface area (TPSA) is 84.3 Å². The van der Waals surface area contributed by atoms with Crippen molar-refractivity contribution in [1.82, 2.24) is 25.2 Å². The van der Waals surface area contributed by atoms with E-state index in [4.69, 9.17) is 8.94 Å². The van der Waals surface area contributed by atoms with Crippen LogP contribution in [0.4, 0.5) is 5.82 Å². The Balaban J connectivity index is 1.38. The minimum atomic E-state index is 0.411. The Kier molecular flexibility index (Phi) is 4.43. The van der Waals surface area contributed by atoms with Crippen LogP contribution in [-0.4, -0.2) is 51.4 Å². The Hall–Kier alpha value is -2.74. The van der Waals surface area contributed by atoms with Gasteiger partial charge in [-0.25, -0.2) is 0 Å². The summed E-state index contributed by atoms with van der Waals surface area (Å²) in [6.07, 6.45) is 5.60. The van der Waals surface area contributed by atoms with Crippen LogP contribution in [0.15, 0.2) is 45.7 Å². The summed E-state index contributed by atoms with van der Waals surface area (Å²) in [7, 11) is 2.06. The lowest BCUT2D eigenvalue weighted by atomic mass is 10.2. The number of nitrogens with zero attached hydrogens (tertiary/aromatic N) is 6. The summed E-state index contributed by atoms with van der Waals surface area (Å²) in [6.45, 7) is 2.51. The molecule has 1 atom stereocenters. The van der Waals surface area contributed by atoms with E-state index in [9.17, 15) is 0 Å². The molecule has 1 saturated heterocycles. The lowest BCUT2D eigenvalue weighted by molar-refractivity contribution is 0.254. The molecule has 0 aromatic carbocycles. The molecule has 0 spiro atoms. The van der Waals surface area contributed by atoms with Crippen LogP contribution in [0.5, 0.6) is 0 Å². The molecule has 0 N–H and O–H groups in total. The number of hydrogen-bond donors (Lipinski definition) is 0. The van der Waals surface area contributed by atoms with Crippen molar-refractivity contribution in [2.24, 2.45) is 0 Å². The van der Waals surface area contributed by atoms with Gasteiger partial charge in [0.1, 0.15) is 0 Å². The molecule has 1 fully saturated rings. The normalized spacial score (nSPS) is 17.5. The predicted molar refractivity (Wildman–Crippen MR) is 90.7 cm³/mol. The van der Waals surface area contributed by atoms with Crippen LogP contribution in [0, 0.1) is 0 Å². The van der Waals surface area contributed by atoms with E-state index in [1.165, 1.54) is 0 Å². The molecule has 8 nitrogen and oxygen atoms in total. The molecule has 3 aromatic heterocycles. The SMILES string of the molecule is CN(Cc1nc(-c2ccco2)no1)CC1CCCN1c1cccnn1. The van der Waals surface area contributed by atoms with Crippen molar-refractivity contribution in [1.29, 1.82) is 0 Å². The van der Waals surface area contributed by atoms with Crippen LogP contribution < -0.4 is 4.90 Å². The molecule has 8 heteroatoms. The van der Waals surface area contributed by atoms with E-state index in [-0.39, 0.29) is 0 Å². The maximum atomic E-state index is 5.34. The van der Waals surface area contributed by atoms with Gasteiger partial charge in [0.2, 0.25) is 11.7 Å². The molecular formula is C17H20N6O2. The number of likely N-dealkylation sites (N-methyl/N-ethyl adjacent to an activating group) is 1. The molecule has 4 rings (SSSR count). The Morgan fingerprint density at radius 3 is 3.08 bits per heavy atom. The summed E-state index contributed by atoms with van der Waals surface area (Å²) in [4.78, 5) is 8.91. The van der Waals surface area contributed by atoms with Gasteiger partial charge in [0.25, 0.3) is 0 Å². The lowest BCUT2D eigenvalue weighted by Gasteiger charge is -2.28. The zero-order chi connectivity index (χ0) is 17.1. The van der Waals surface area contributed by atoms with Crippen LogP contribution in [0.2, 0.25) is 0 Å². The second-order valence-corrected chi connectivity index (χ2v) is 6.26. The van der Waals surface area contributed by atoms with Crippen molar-refractivity contribution in [3.63, 3.8) is 0 Å². The first-order valence-corrected chi connectivity index (χ1v) is 8.39. The third-order valence-corrected chi connectivity index (χ3v) is 4.37. The molecule has 0 aliphatic carbocycles. The summed E-state index contributed by atoms with van der Waals surface area (Å²) in [6, 6.07) is 7.97. The summed E-state index contributed by atoms with van der Waals surface area (Å²) >= 11 is 0. The average Bonchev–Trinajstić information content (AvgIpc) is 3.37. The second kappa shape index (κ2) is 7.02. The number of aromatic nitrogens is 4. The fourth-order valence-electron chi connectivity index (χ4n) is 3.25. The Morgan fingerprint density at radius 2 is 2.28 bits per heavy atom. The first kappa shape index (κ1) is 15.8. The Labute approximate surface area is 145 Å². The minimum absolute atomic E-state index is 0.411. The number of anilines is 1. The molecule has 0 radical (unpaired) electrons. The second-order valence-electron chi connectivity index (χ2n) is 6.26. The zero-order valence-corrected chi connectivity index (χ0v) is 14.1. The van der Waals surface area contributed by atoms with Crippen LogP contribution in [0.1, 0.15) is 18.7 Å². The third kappa shape index (κ3) is 3.53. The fourth-order valence-corrected chi connectivity index (χ4v) is 3.25. The van der Waals surface area contributed by atoms with Gasteiger partial charge in [0.05, 0.1) is 12.8 Å². The van der Waals surface area contributed by atoms with Gasteiger partial charge in [0, 0.05) is 25.3 Å². The molecule has 130 valence electrons. The fraction of sp³-hybridized carbons (Fsp3) is 0.412. The Bertz CT molecular complexity index is 789. The van der Waals surface area contributed by atoms with Crippen molar-refractivity contribution < 1.29 is 8.94 Å². The molecule has 1 aliphatic heterocycles. The van der Waals surface area contributed by atoms with Crippen molar-refractivity contribution in [2.45, 2.75) is 25.4 Å².